The van der Waals surface area contributed by atoms with Crippen molar-refractivity contribution in [2.24, 2.45) is 0 Å². The number of hydrogen-bond donors (Lipinski definition) is 2. The Morgan fingerprint density at radius 1 is 1.73 bits per heavy atom. The predicted molar refractivity (Wildman–Crippen MR) is 54.3 cm³/mol. The monoisotopic (exact) mass is 276 g/mol. The molecular formula is C7H9BrN4O3. The Bertz CT molecular complexity index is 435. The van der Waals surface area contributed by atoms with Crippen molar-refractivity contribution in [2.75, 3.05) is 11.9 Å². The van der Waals surface area contributed by atoms with E-state index in [1.54, 1.807) is 6.92 Å². The average Bonchev–Trinajstić information content (AvgIpc) is 2.47. The first-order chi connectivity index (χ1) is 7.13. The fourth-order valence-corrected chi connectivity index (χ4v) is 1.56. The second-order valence-electron chi connectivity index (χ2n) is 2.91. The summed E-state index contributed by atoms with van der Waals surface area (Å²) in [7, 11) is 0. The Hall–Kier alpha value is -0.990. The van der Waals surface area contributed by atoms with E-state index in [-0.39, 0.29) is 10.6 Å². The molecule has 15 heavy (non-hydrogen) atoms. The van der Waals surface area contributed by atoms with Crippen LogP contribution in [-0.2, 0) is 4.74 Å². The third-order valence-corrected chi connectivity index (χ3v) is 2.43. The molecule has 0 unspecified atom stereocenters. The molecule has 1 aliphatic heterocycles. The van der Waals surface area contributed by atoms with Crippen molar-refractivity contribution in [3.63, 3.8) is 0 Å². The molecule has 0 aromatic carbocycles. The van der Waals surface area contributed by atoms with E-state index in [4.69, 9.17) is 4.74 Å². The number of aromatic nitrogens is 3. The van der Waals surface area contributed by atoms with Gasteiger partial charge in [-0.15, -0.1) is 0 Å². The quantitative estimate of drug-likeness (QED) is 0.770. The van der Waals surface area contributed by atoms with Gasteiger partial charge in [0.15, 0.2) is 17.1 Å². The van der Waals surface area contributed by atoms with Gasteiger partial charge in [-0.1, -0.05) is 0 Å². The Kier molecular flexibility index (Phi) is 2.72. The highest BCUT2D eigenvalue weighted by atomic mass is 79.9. The van der Waals surface area contributed by atoms with Crippen molar-refractivity contribution < 1.29 is 9.84 Å². The number of aliphatic hydroxyl groups excluding tert-OH is 1. The van der Waals surface area contributed by atoms with Crippen LogP contribution in [0.4, 0.5) is 5.95 Å². The minimum atomic E-state index is -0.982. The Labute approximate surface area is 93.2 Å². The predicted octanol–water partition coefficient (Wildman–Crippen LogP) is -0.320. The normalized spacial score (nSPS) is 23.7. The van der Waals surface area contributed by atoms with Gasteiger partial charge in [0, 0.05) is 6.61 Å². The zero-order valence-corrected chi connectivity index (χ0v) is 9.43. The van der Waals surface area contributed by atoms with E-state index < -0.39 is 18.0 Å². The van der Waals surface area contributed by atoms with Crippen molar-refractivity contribution in [3.8, 4) is 0 Å². The smallest absolute Gasteiger partial charge is 0.307 e. The van der Waals surface area contributed by atoms with Gasteiger partial charge in [-0.2, -0.15) is 14.8 Å². The summed E-state index contributed by atoms with van der Waals surface area (Å²) in [5.41, 5.74) is -0.488. The molecule has 0 fully saturated rings. The van der Waals surface area contributed by atoms with Gasteiger partial charge in [-0.05, 0) is 22.9 Å². The van der Waals surface area contributed by atoms with Gasteiger partial charge >= 0.3 is 5.56 Å². The highest BCUT2D eigenvalue weighted by molar-refractivity contribution is 9.10. The number of rotatable bonds is 2. The SMILES string of the molecule is CCO[C@@H]1Nc2nc(=O)c(Br)nn2[C@H]1O. The number of halogens is 1. The summed E-state index contributed by atoms with van der Waals surface area (Å²) < 4.78 is 6.46. The van der Waals surface area contributed by atoms with Crippen LogP contribution >= 0.6 is 15.9 Å². The maximum absolute atomic E-state index is 11.2. The molecule has 2 atom stereocenters. The van der Waals surface area contributed by atoms with Crippen molar-refractivity contribution >= 4 is 21.9 Å². The van der Waals surface area contributed by atoms with Gasteiger partial charge in [0.1, 0.15) is 0 Å². The fourth-order valence-electron chi connectivity index (χ4n) is 1.30. The van der Waals surface area contributed by atoms with Gasteiger partial charge in [0.2, 0.25) is 5.95 Å². The van der Waals surface area contributed by atoms with Gasteiger partial charge < -0.3 is 15.2 Å². The van der Waals surface area contributed by atoms with Crippen LogP contribution in [0.1, 0.15) is 13.2 Å². The zero-order valence-electron chi connectivity index (χ0n) is 7.85. The van der Waals surface area contributed by atoms with E-state index in [2.05, 4.69) is 31.3 Å². The molecule has 1 aliphatic rings. The first-order valence-electron chi connectivity index (χ1n) is 4.36. The number of anilines is 1. The first-order valence-corrected chi connectivity index (χ1v) is 5.15. The molecule has 0 spiro atoms. The molecule has 0 amide bonds. The molecule has 1 aromatic rings. The van der Waals surface area contributed by atoms with E-state index >= 15 is 0 Å². The zero-order chi connectivity index (χ0) is 11.0. The molecule has 2 rings (SSSR count). The van der Waals surface area contributed by atoms with Crippen LogP contribution in [0.25, 0.3) is 0 Å². The van der Waals surface area contributed by atoms with Crippen molar-refractivity contribution in [3.05, 3.63) is 15.0 Å². The maximum atomic E-state index is 11.2. The fraction of sp³-hybridized carbons (Fsp3) is 0.571. The Morgan fingerprint density at radius 2 is 2.47 bits per heavy atom. The molecular weight excluding hydrogens is 268 g/mol. The largest absolute Gasteiger partial charge is 0.368 e. The highest BCUT2D eigenvalue weighted by Crippen LogP contribution is 2.23. The lowest BCUT2D eigenvalue weighted by Gasteiger charge is -2.13. The first kappa shape index (κ1) is 10.5. The number of ether oxygens (including phenoxy) is 1. The average molecular weight is 277 g/mol. The molecule has 8 heteroatoms. The van der Waals surface area contributed by atoms with E-state index in [9.17, 15) is 9.90 Å². The number of nitrogens with zero attached hydrogens (tertiary/aromatic N) is 3. The van der Waals surface area contributed by atoms with E-state index in [0.29, 0.717) is 6.61 Å². The van der Waals surface area contributed by atoms with Gasteiger partial charge in [-0.25, -0.2) is 0 Å². The Morgan fingerprint density at radius 3 is 3.13 bits per heavy atom. The van der Waals surface area contributed by atoms with Crippen LogP contribution in [-0.4, -0.2) is 32.7 Å². The summed E-state index contributed by atoms with van der Waals surface area (Å²) >= 11 is 2.95. The molecule has 7 nitrogen and oxygen atoms in total. The van der Waals surface area contributed by atoms with E-state index in [1.165, 1.54) is 4.68 Å². The molecule has 0 aliphatic carbocycles. The van der Waals surface area contributed by atoms with E-state index in [1.807, 2.05) is 0 Å². The van der Waals surface area contributed by atoms with Crippen molar-refractivity contribution in [1.82, 2.24) is 14.8 Å². The van der Waals surface area contributed by atoms with Crippen LogP contribution in [0.5, 0.6) is 0 Å². The summed E-state index contributed by atoms with van der Waals surface area (Å²) in [5, 5.41) is 16.3. The maximum Gasteiger partial charge on any atom is 0.307 e. The molecule has 2 N–H and O–H groups in total. The molecule has 0 saturated carbocycles. The third-order valence-electron chi connectivity index (χ3n) is 1.94. The summed E-state index contributed by atoms with van der Waals surface area (Å²) in [6.45, 7) is 2.24. The topological polar surface area (TPSA) is 89.3 Å². The summed E-state index contributed by atoms with van der Waals surface area (Å²) in [6.07, 6.45) is -1.60. The summed E-state index contributed by atoms with van der Waals surface area (Å²) in [4.78, 5) is 14.8. The molecule has 82 valence electrons. The van der Waals surface area contributed by atoms with Crippen LogP contribution in [0, 0.1) is 0 Å². The van der Waals surface area contributed by atoms with Crippen LogP contribution in [0.3, 0.4) is 0 Å². The van der Waals surface area contributed by atoms with Crippen LogP contribution in [0.2, 0.25) is 0 Å². The standard InChI is InChI=1S/C7H9BrN4O3/c1-2-15-5-6(14)12-7(10-5)9-4(13)3(8)11-12/h5-6,14H,2H2,1H3,(H,9,10,13)/t5-,6-/m0/s1. The van der Waals surface area contributed by atoms with Crippen LogP contribution in [0.15, 0.2) is 9.40 Å². The minimum Gasteiger partial charge on any atom is -0.368 e. The molecule has 0 bridgehead atoms. The number of aliphatic hydroxyl groups is 1. The third kappa shape index (κ3) is 1.75. The lowest BCUT2D eigenvalue weighted by Crippen LogP contribution is -2.26. The minimum absolute atomic E-state index is 0.0595. The number of hydrogen-bond acceptors (Lipinski definition) is 6. The second-order valence-corrected chi connectivity index (χ2v) is 3.66. The summed E-state index contributed by atoms with van der Waals surface area (Å²) in [5.74, 6) is 0.203. The van der Waals surface area contributed by atoms with Gasteiger partial charge in [-0.3, -0.25) is 4.79 Å². The van der Waals surface area contributed by atoms with Crippen LogP contribution < -0.4 is 10.9 Å². The second kappa shape index (κ2) is 3.87. The molecule has 0 radical (unpaired) electrons. The van der Waals surface area contributed by atoms with Gasteiger partial charge in [0.05, 0.1) is 0 Å². The number of fused-ring (bicyclic) bond motifs is 1. The lowest BCUT2D eigenvalue weighted by atomic mass is 10.5. The molecule has 0 saturated heterocycles. The molecule has 2 heterocycles. The highest BCUT2D eigenvalue weighted by Gasteiger charge is 2.32. The van der Waals surface area contributed by atoms with E-state index in [0.717, 1.165) is 0 Å². The van der Waals surface area contributed by atoms with Crippen molar-refractivity contribution in [1.29, 1.82) is 0 Å². The van der Waals surface area contributed by atoms with Gasteiger partial charge in [0.25, 0.3) is 0 Å². The Balaban J connectivity index is 2.37. The van der Waals surface area contributed by atoms with Crippen molar-refractivity contribution in [2.45, 2.75) is 19.4 Å². The molecule has 1 aromatic heterocycles. The summed E-state index contributed by atoms with van der Waals surface area (Å²) in [6, 6.07) is 0. The number of nitrogens with one attached hydrogen (secondary N) is 1. The lowest BCUT2D eigenvalue weighted by molar-refractivity contribution is -0.0451.